The minimum absolute atomic E-state index is 0.259. The van der Waals surface area contributed by atoms with Gasteiger partial charge < -0.3 is 65.1 Å². The van der Waals surface area contributed by atoms with Crippen molar-refractivity contribution in [2.24, 2.45) is 0 Å². The second-order valence-electron chi connectivity index (χ2n) is 14.7. The highest BCUT2D eigenvalue weighted by molar-refractivity contribution is 5.76. The minimum atomic E-state index is -1.79. The topological polar surface area (TPSA) is 228 Å². The van der Waals surface area contributed by atoms with Crippen LogP contribution in [-0.4, -0.2) is 140 Å². The van der Waals surface area contributed by atoms with Crippen LogP contribution in [0, 0.1) is 0 Å². The van der Waals surface area contributed by atoms with Crippen molar-refractivity contribution in [1.82, 2.24) is 5.32 Å². The van der Waals surface area contributed by atoms with Crippen molar-refractivity contribution in [3.8, 4) is 0 Å². The Bertz CT molecular complexity index is 1190. The quantitative estimate of drug-likeness (QED) is 0.0392. The first-order chi connectivity index (χ1) is 27.6. The zero-order valence-electron chi connectivity index (χ0n) is 34.0. The first-order valence-electron chi connectivity index (χ1n) is 21.0. The molecule has 0 aromatic carbocycles. The molecule has 2 aliphatic heterocycles. The van der Waals surface area contributed by atoms with Crippen molar-refractivity contribution in [2.45, 2.75) is 184 Å². The van der Waals surface area contributed by atoms with Gasteiger partial charge in [-0.25, -0.2) is 0 Å². The van der Waals surface area contributed by atoms with E-state index < -0.39 is 86.8 Å². The molecule has 0 aromatic rings. The maximum atomic E-state index is 13.0. The molecule has 0 aliphatic carbocycles. The van der Waals surface area contributed by atoms with Crippen LogP contribution in [0.15, 0.2) is 60.8 Å². The van der Waals surface area contributed by atoms with Crippen molar-refractivity contribution < 1.29 is 64.6 Å². The van der Waals surface area contributed by atoms with Crippen LogP contribution in [0.5, 0.6) is 0 Å². The van der Waals surface area contributed by atoms with Crippen LogP contribution in [-0.2, 0) is 23.7 Å². The monoisotopic (exact) mass is 812 g/mol. The van der Waals surface area contributed by atoms with Gasteiger partial charge in [0.1, 0.15) is 48.8 Å². The average Bonchev–Trinajstić information content (AvgIpc) is 3.21. The summed E-state index contributed by atoms with van der Waals surface area (Å²) in [6.07, 6.45) is 17.8. The Kier molecular flexibility index (Phi) is 27.4. The van der Waals surface area contributed by atoms with E-state index in [1.807, 2.05) is 6.08 Å². The Morgan fingerprint density at radius 3 is 1.84 bits per heavy atom. The lowest BCUT2D eigenvalue weighted by Crippen LogP contribution is -2.65. The van der Waals surface area contributed by atoms with Gasteiger partial charge >= 0.3 is 0 Å². The number of hydrogen-bond acceptors (Lipinski definition) is 13. The summed E-state index contributed by atoms with van der Waals surface area (Å²) >= 11 is 0. The van der Waals surface area contributed by atoms with Crippen molar-refractivity contribution in [3.05, 3.63) is 60.8 Å². The van der Waals surface area contributed by atoms with Crippen LogP contribution in [0.1, 0.15) is 110 Å². The molecule has 0 spiro atoms. The van der Waals surface area contributed by atoms with Crippen molar-refractivity contribution in [3.63, 3.8) is 0 Å². The molecule has 2 fully saturated rings. The lowest BCUT2D eigenvalue weighted by Gasteiger charge is -2.46. The number of amides is 1. The average molecular weight is 812 g/mol. The highest BCUT2D eigenvalue weighted by Gasteiger charge is 2.50. The zero-order chi connectivity index (χ0) is 41.8. The number of carbonyl (C=O) groups excluding carboxylic acids is 1. The Morgan fingerprint density at radius 1 is 0.649 bits per heavy atom. The van der Waals surface area contributed by atoms with Gasteiger partial charge in [0.05, 0.1) is 32.0 Å². The van der Waals surface area contributed by atoms with Gasteiger partial charge in [-0.15, -0.1) is 0 Å². The molecule has 0 bridgehead atoms. The number of unbranched alkanes of at least 4 members (excludes halogenated alkanes) is 8. The van der Waals surface area contributed by atoms with E-state index >= 15 is 0 Å². The maximum absolute atomic E-state index is 13.0. The molecule has 2 aliphatic rings. The Morgan fingerprint density at radius 2 is 1.21 bits per heavy atom. The molecular weight excluding hydrogens is 738 g/mol. The summed E-state index contributed by atoms with van der Waals surface area (Å²) in [6.45, 7) is 2.45. The lowest BCUT2D eigenvalue weighted by molar-refractivity contribution is -0.359. The van der Waals surface area contributed by atoms with Crippen molar-refractivity contribution >= 4 is 5.91 Å². The SMILES string of the molecule is CC/C=C\C/C=C\C/C=C\C/C=C\CCCCCCCCC(=O)NC(COC1OC(CO)C(OC2OC(CO)C(O)C(O)C2O)C(O)C1O)C(O)/C=C/CCCC. The molecule has 14 heteroatoms. The van der Waals surface area contributed by atoms with Gasteiger partial charge in [0.25, 0.3) is 0 Å². The first-order valence-corrected chi connectivity index (χ1v) is 21.0. The molecule has 0 radical (unpaired) electrons. The second kappa shape index (κ2) is 30.7. The summed E-state index contributed by atoms with van der Waals surface area (Å²) in [7, 11) is 0. The molecule has 0 aromatic heterocycles. The number of allylic oxidation sites excluding steroid dienone is 9. The number of nitrogens with one attached hydrogen (secondary N) is 1. The van der Waals surface area contributed by atoms with Crippen LogP contribution >= 0.6 is 0 Å². The molecule has 2 rings (SSSR count). The van der Waals surface area contributed by atoms with Crippen LogP contribution in [0.3, 0.4) is 0 Å². The molecule has 1 amide bonds. The maximum Gasteiger partial charge on any atom is 0.220 e. The largest absolute Gasteiger partial charge is 0.394 e. The number of aliphatic hydroxyl groups excluding tert-OH is 8. The van der Waals surface area contributed by atoms with E-state index in [2.05, 4.69) is 67.8 Å². The standard InChI is InChI=1S/C43H73NO13/c1-3-5-7-9-10-11-12-13-14-15-16-17-18-19-20-21-22-23-25-27-35(48)44-31(32(47)26-24-8-6-4-2)30-54-42-40(53)38(51)41(34(29-46)56-42)57-43-39(52)37(50)36(49)33(28-45)55-43/h5,7,10-11,13-14,16-17,24,26,31-34,36-43,45-47,49-53H,3-4,6,8-9,12,15,18-23,25,27-30H2,1-2H3,(H,44,48)/b7-5-,11-10-,14-13-,17-16-,26-24+. The molecule has 2 heterocycles. The van der Waals surface area contributed by atoms with Gasteiger partial charge in [0, 0.05) is 6.42 Å². The zero-order valence-corrected chi connectivity index (χ0v) is 34.0. The molecule has 2 saturated heterocycles. The highest BCUT2D eigenvalue weighted by atomic mass is 16.7. The fraction of sp³-hybridized carbons (Fsp3) is 0.744. The van der Waals surface area contributed by atoms with E-state index in [0.29, 0.717) is 6.42 Å². The third-order valence-electron chi connectivity index (χ3n) is 9.96. The third-order valence-corrected chi connectivity index (χ3v) is 9.96. The molecule has 0 saturated carbocycles. The molecule has 12 atom stereocenters. The molecule has 12 unspecified atom stereocenters. The predicted molar refractivity (Wildman–Crippen MR) is 217 cm³/mol. The van der Waals surface area contributed by atoms with Crippen LogP contribution in [0.25, 0.3) is 0 Å². The normalized spacial score (nSPS) is 29.7. The number of aliphatic hydroxyl groups is 8. The first kappa shape index (κ1) is 50.8. The molecule has 328 valence electrons. The summed E-state index contributed by atoms with van der Waals surface area (Å²) in [5.41, 5.74) is 0. The summed E-state index contributed by atoms with van der Waals surface area (Å²) in [5, 5.41) is 85.7. The van der Waals surface area contributed by atoms with Crippen LogP contribution in [0.2, 0.25) is 0 Å². The fourth-order valence-electron chi connectivity index (χ4n) is 6.44. The van der Waals surface area contributed by atoms with Crippen molar-refractivity contribution in [1.29, 1.82) is 0 Å². The van der Waals surface area contributed by atoms with E-state index in [9.17, 15) is 45.6 Å². The Hall–Kier alpha value is -2.31. The summed E-state index contributed by atoms with van der Waals surface area (Å²) < 4.78 is 22.4. The van der Waals surface area contributed by atoms with E-state index in [1.165, 1.54) is 0 Å². The van der Waals surface area contributed by atoms with E-state index in [1.54, 1.807) is 6.08 Å². The summed E-state index contributed by atoms with van der Waals surface area (Å²) in [4.78, 5) is 13.0. The van der Waals surface area contributed by atoms with Crippen LogP contribution < -0.4 is 5.32 Å². The molecule has 14 nitrogen and oxygen atoms in total. The predicted octanol–water partition coefficient (Wildman–Crippen LogP) is 3.15. The lowest BCUT2D eigenvalue weighted by atomic mass is 9.97. The third kappa shape index (κ3) is 19.5. The van der Waals surface area contributed by atoms with E-state index in [4.69, 9.17) is 18.9 Å². The van der Waals surface area contributed by atoms with Gasteiger partial charge in [-0.3, -0.25) is 4.79 Å². The van der Waals surface area contributed by atoms with Gasteiger partial charge in [0.2, 0.25) is 5.91 Å². The van der Waals surface area contributed by atoms with Gasteiger partial charge in [0.15, 0.2) is 12.6 Å². The Labute approximate surface area is 339 Å². The fourth-order valence-corrected chi connectivity index (χ4v) is 6.44. The van der Waals surface area contributed by atoms with Crippen molar-refractivity contribution in [2.75, 3.05) is 19.8 Å². The molecular formula is C43H73NO13. The minimum Gasteiger partial charge on any atom is -0.394 e. The molecule has 57 heavy (non-hydrogen) atoms. The summed E-state index contributed by atoms with van der Waals surface area (Å²) in [6, 6.07) is -0.919. The van der Waals surface area contributed by atoms with E-state index in [-0.39, 0.29) is 18.9 Å². The van der Waals surface area contributed by atoms with Gasteiger partial charge in [-0.05, 0) is 51.4 Å². The number of hydrogen-bond donors (Lipinski definition) is 9. The molecule has 9 N–H and O–H groups in total. The number of ether oxygens (including phenoxy) is 4. The van der Waals surface area contributed by atoms with Gasteiger partial charge in [-0.2, -0.15) is 0 Å². The van der Waals surface area contributed by atoms with Gasteiger partial charge in [-0.1, -0.05) is 113 Å². The number of carbonyl (C=O) groups is 1. The second-order valence-corrected chi connectivity index (χ2v) is 14.7. The highest BCUT2D eigenvalue weighted by Crippen LogP contribution is 2.29. The Balaban J connectivity index is 1.79. The summed E-state index contributed by atoms with van der Waals surface area (Å²) in [5.74, 6) is -0.268. The van der Waals surface area contributed by atoms with E-state index in [0.717, 1.165) is 83.5 Å². The van der Waals surface area contributed by atoms with Crippen LogP contribution in [0.4, 0.5) is 0 Å². The number of rotatable bonds is 29. The smallest absolute Gasteiger partial charge is 0.220 e.